The number of nitrogens with zero attached hydrogens (tertiary/aromatic N) is 1. The summed E-state index contributed by atoms with van der Waals surface area (Å²) in [4.78, 5) is 14.9. The summed E-state index contributed by atoms with van der Waals surface area (Å²) >= 11 is 1.88. The topological polar surface area (TPSA) is 29.5 Å². The summed E-state index contributed by atoms with van der Waals surface area (Å²) in [5.41, 5.74) is 4.43. The van der Waals surface area contributed by atoms with Gasteiger partial charge in [0.05, 0.1) is 6.61 Å². The van der Waals surface area contributed by atoms with E-state index in [0.29, 0.717) is 12.5 Å². The molecule has 1 aromatic heterocycles. The Hall–Kier alpha value is -1.81. The smallest absolute Gasteiger partial charge is 0.409 e. The van der Waals surface area contributed by atoms with Gasteiger partial charge < -0.3 is 9.64 Å². The van der Waals surface area contributed by atoms with Gasteiger partial charge in [0.15, 0.2) is 0 Å². The molecule has 4 heteroatoms. The Bertz CT molecular complexity index is 694. The molecule has 1 aliphatic carbocycles. The number of benzene rings is 1. The predicted molar refractivity (Wildman–Crippen MR) is 98.9 cm³/mol. The number of carbonyl (C=O) groups excluding carboxylic acids is 1. The summed E-state index contributed by atoms with van der Waals surface area (Å²) in [7, 11) is 1.81. The fourth-order valence-corrected chi connectivity index (χ4v) is 4.50. The summed E-state index contributed by atoms with van der Waals surface area (Å²) in [5.74, 6) is 0.445. The lowest BCUT2D eigenvalue weighted by Gasteiger charge is -2.21. The van der Waals surface area contributed by atoms with Gasteiger partial charge in [-0.05, 0) is 60.7 Å². The van der Waals surface area contributed by atoms with Crippen molar-refractivity contribution in [2.75, 3.05) is 20.2 Å². The predicted octanol–water partition coefficient (Wildman–Crippen LogP) is 4.85. The second-order valence-electron chi connectivity index (χ2n) is 6.31. The van der Waals surface area contributed by atoms with Gasteiger partial charge in [-0.3, -0.25) is 0 Å². The number of ether oxygens (including phenoxy) is 1. The maximum Gasteiger partial charge on any atom is 0.409 e. The number of aryl methyl sites for hydroxylation is 2. The summed E-state index contributed by atoms with van der Waals surface area (Å²) in [6.07, 6.45) is 4.08. The molecule has 0 fully saturated rings. The molecule has 2 aromatic rings. The molecule has 0 saturated heterocycles. The first-order chi connectivity index (χ1) is 11.7. The number of amides is 1. The molecule has 0 N–H and O–H groups in total. The second kappa shape index (κ2) is 7.84. The average Bonchev–Trinajstić information content (AvgIpc) is 3.00. The number of hydrogen-bond acceptors (Lipinski definition) is 3. The third kappa shape index (κ3) is 3.64. The van der Waals surface area contributed by atoms with E-state index < -0.39 is 0 Å². The Kier molecular flexibility index (Phi) is 5.56. The molecule has 0 radical (unpaired) electrons. The van der Waals surface area contributed by atoms with Crippen LogP contribution < -0.4 is 0 Å². The van der Waals surface area contributed by atoms with Gasteiger partial charge in [-0.1, -0.05) is 24.3 Å². The normalized spacial score (nSPS) is 16.0. The maximum atomic E-state index is 11.7. The molecule has 0 spiro atoms. The van der Waals surface area contributed by atoms with Crippen molar-refractivity contribution >= 4 is 17.4 Å². The molecule has 1 atom stereocenters. The van der Waals surface area contributed by atoms with E-state index in [-0.39, 0.29) is 6.09 Å². The van der Waals surface area contributed by atoms with Crippen molar-refractivity contribution in [1.29, 1.82) is 0 Å². The summed E-state index contributed by atoms with van der Waals surface area (Å²) in [5, 5.41) is 2.22. The standard InChI is InChI=1S/C20H25NO2S/c1-3-23-20(22)21(2)13-6-9-17-16-8-5-4-7-15(16)10-11-19-18(17)12-14-24-19/h4-5,7-8,12,14,17H,3,6,9-11,13H2,1-2H3. The lowest BCUT2D eigenvalue weighted by molar-refractivity contribution is 0.115. The third-order valence-corrected chi connectivity index (χ3v) is 5.77. The first-order valence-corrected chi connectivity index (χ1v) is 9.60. The average molecular weight is 343 g/mol. The van der Waals surface area contributed by atoms with Gasteiger partial charge >= 0.3 is 6.09 Å². The number of carbonyl (C=O) groups is 1. The quantitative estimate of drug-likeness (QED) is 0.777. The van der Waals surface area contributed by atoms with Crippen LogP contribution >= 0.6 is 11.3 Å². The Morgan fingerprint density at radius 1 is 1.25 bits per heavy atom. The zero-order valence-electron chi connectivity index (χ0n) is 14.5. The highest BCUT2D eigenvalue weighted by atomic mass is 32.1. The minimum Gasteiger partial charge on any atom is -0.450 e. The molecule has 1 heterocycles. The van der Waals surface area contributed by atoms with Crippen LogP contribution in [-0.2, 0) is 17.6 Å². The van der Waals surface area contributed by atoms with Crippen molar-refractivity contribution in [3.63, 3.8) is 0 Å². The molecule has 128 valence electrons. The van der Waals surface area contributed by atoms with Crippen LogP contribution in [0, 0.1) is 0 Å². The van der Waals surface area contributed by atoms with Crippen LogP contribution in [0.4, 0.5) is 4.79 Å². The summed E-state index contributed by atoms with van der Waals surface area (Å²) in [6.45, 7) is 3.00. The first kappa shape index (κ1) is 17.0. The lowest BCUT2D eigenvalue weighted by Crippen LogP contribution is -2.28. The minimum absolute atomic E-state index is 0.227. The van der Waals surface area contributed by atoms with Crippen molar-refractivity contribution in [2.45, 2.75) is 38.5 Å². The maximum absolute atomic E-state index is 11.7. The van der Waals surface area contributed by atoms with Crippen molar-refractivity contribution in [3.8, 4) is 0 Å². The number of fused-ring (bicyclic) bond motifs is 2. The van der Waals surface area contributed by atoms with Crippen LogP contribution in [0.3, 0.4) is 0 Å². The van der Waals surface area contributed by atoms with E-state index in [1.807, 2.05) is 25.3 Å². The number of hydrogen-bond donors (Lipinski definition) is 0. The molecular formula is C20H25NO2S. The molecule has 24 heavy (non-hydrogen) atoms. The van der Waals surface area contributed by atoms with Crippen molar-refractivity contribution in [2.24, 2.45) is 0 Å². The van der Waals surface area contributed by atoms with E-state index in [1.54, 1.807) is 4.90 Å². The van der Waals surface area contributed by atoms with Gasteiger partial charge in [0.1, 0.15) is 0 Å². The molecule has 0 bridgehead atoms. The number of rotatable bonds is 5. The monoisotopic (exact) mass is 343 g/mol. The molecule has 1 unspecified atom stereocenters. The first-order valence-electron chi connectivity index (χ1n) is 8.72. The van der Waals surface area contributed by atoms with E-state index in [2.05, 4.69) is 35.7 Å². The summed E-state index contributed by atoms with van der Waals surface area (Å²) in [6, 6.07) is 11.1. The van der Waals surface area contributed by atoms with Crippen molar-refractivity contribution in [3.05, 3.63) is 57.3 Å². The van der Waals surface area contributed by atoms with Gasteiger partial charge in [0.2, 0.25) is 0 Å². The lowest BCUT2D eigenvalue weighted by atomic mass is 9.86. The molecule has 1 amide bonds. The second-order valence-corrected chi connectivity index (χ2v) is 7.31. The Balaban J connectivity index is 1.72. The highest BCUT2D eigenvalue weighted by Crippen LogP contribution is 2.39. The fourth-order valence-electron chi connectivity index (χ4n) is 3.55. The molecule has 3 rings (SSSR count). The van der Waals surface area contributed by atoms with Gasteiger partial charge in [-0.2, -0.15) is 0 Å². The van der Waals surface area contributed by atoms with E-state index in [1.165, 1.54) is 21.6 Å². The molecule has 1 aromatic carbocycles. The Labute approximate surface area is 148 Å². The van der Waals surface area contributed by atoms with Crippen LogP contribution in [0.2, 0.25) is 0 Å². The molecule has 0 aliphatic heterocycles. The SMILES string of the molecule is CCOC(=O)N(C)CCCC1c2ccccc2CCc2sccc21. The van der Waals surface area contributed by atoms with Crippen LogP contribution in [0.5, 0.6) is 0 Å². The molecule has 0 saturated carbocycles. The van der Waals surface area contributed by atoms with E-state index >= 15 is 0 Å². The minimum atomic E-state index is -0.227. The Morgan fingerprint density at radius 2 is 2.08 bits per heavy atom. The van der Waals surface area contributed by atoms with Gasteiger partial charge in [0.25, 0.3) is 0 Å². The fraction of sp³-hybridized carbons (Fsp3) is 0.450. The van der Waals surface area contributed by atoms with Gasteiger partial charge in [-0.25, -0.2) is 4.79 Å². The van der Waals surface area contributed by atoms with Gasteiger partial charge in [0, 0.05) is 24.4 Å². The van der Waals surface area contributed by atoms with Crippen molar-refractivity contribution < 1.29 is 9.53 Å². The number of thiophene rings is 1. The largest absolute Gasteiger partial charge is 0.450 e. The Morgan fingerprint density at radius 3 is 2.92 bits per heavy atom. The van der Waals surface area contributed by atoms with E-state index in [4.69, 9.17) is 4.74 Å². The van der Waals surface area contributed by atoms with Crippen LogP contribution in [0.1, 0.15) is 47.3 Å². The highest BCUT2D eigenvalue weighted by Gasteiger charge is 2.24. The summed E-state index contributed by atoms with van der Waals surface area (Å²) < 4.78 is 5.05. The molecular weight excluding hydrogens is 318 g/mol. The zero-order chi connectivity index (χ0) is 16.9. The highest BCUT2D eigenvalue weighted by molar-refractivity contribution is 7.10. The zero-order valence-corrected chi connectivity index (χ0v) is 15.3. The van der Waals surface area contributed by atoms with Crippen LogP contribution in [0.15, 0.2) is 35.7 Å². The third-order valence-electron chi connectivity index (χ3n) is 4.77. The van der Waals surface area contributed by atoms with Crippen LogP contribution in [0.25, 0.3) is 0 Å². The van der Waals surface area contributed by atoms with E-state index in [9.17, 15) is 4.79 Å². The van der Waals surface area contributed by atoms with Crippen molar-refractivity contribution in [1.82, 2.24) is 4.90 Å². The molecule has 3 nitrogen and oxygen atoms in total. The van der Waals surface area contributed by atoms with Gasteiger partial charge in [-0.15, -0.1) is 11.3 Å². The molecule has 1 aliphatic rings. The van der Waals surface area contributed by atoms with Crippen LogP contribution in [-0.4, -0.2) is 31.2 Å². The van der Waals surface area contributed by atoms with E-state index in [0.717, 1.165) is 32.2 Å².